The van der Waals surface area contributed by atoms with Crippen molar-refractivity contribution >= 4 is 17.6 Å². The fourth-order valence-corrected chi connectivity index (χ4v) is 3.53. The molecule has 4 rings (SSSR count). The number of carbonyl (C=O) groups is 2. The lowest BCUT2D eigenvalue weighted by Gasteiger charge is -2.33. The van der Waals surface area contributed by atoms with Gasteiger partial charge in [-0.15, -0.1) is 0 Å². The summed E-state index contributed by atoms with van der Waals surface area (Å²) in [4.78, 5) is 25.4. The standard InChI is InChI=1S/C24H21NO3/c1-24(16-19-12-5-7-13-20(19)22(26)28-24)23(27)25-21-14-8-6-11-18(21)15-17-9-3-2-4-10-17/h2-14H,15-16H2,1H3,(H,25,27)/t24-/m0/s1. The van der Waals surface area contributed by atoms with Crippen molar-refractivity contribution in [3.8, 4) is 0 Å². The molecule has 0 bridgehead atoms. The van der Waals surface area contributed by atoms with E-state index in [-0.39, 0.29) is 5.91 Å². The number of benzene rings is 3. The normalized spacial score (nSPS) is 18.1. The van der Waals surface area contributed by atoms with E-state index in [1.165, 1.54) is 0 Å². The van der Waals surface area contributed by atoms with Crippen LogP contribution in [0.1, 0.15) is 34.0 Å². The van der Waals surface area contributed by atoms with Gasteiger partial charge in [-0.3, -0.25) is 4.79 Å². The monoisotopic (exact) mass is 371 g/mol. The Bertz CT molecular complexity index is 1030. The van der Waals surface area contributed by atoms with Crippen LogP contribution in [0.15, 0.2) is 78.9 Å². The molecule has 0 saturated heterocycles. The largest absolute Gasteiger partial charge is 0.445 e. The number of amides is 1. The second-order valence-electron chi connectivity index (χ2n) is 7.23. The van der Waals surface area contributed by atoms with Gasteiger partial charge in [0.05, 0.1) is 5.56 Å². The molecule has 1 N–H and O–H groups in total. The van der Waals surface area contributed by atoms with Crippen molar-refractivity contribution in [2.45, 2.75) is 25.4 Å². The summed E-state index contributed by atoms with van der Waals surface area (Å²) in [6.07, 6.45) is 1.05. The number of anilines is 1. The number of fused-ring (bicyclic) bond motifs is 1. The van der Waals surface area contributed by atoms with Gasteiger partial charge in [-0.05, 0) is 42.2 Å². The van der Waals surface area contributed by atoms with E-state index in [9.17, 15) is 9.59 Å². The van der Waals surface area contributed by atoms with Crippen molar-refractivity contribution in [3.63, 3.8) is 0 Å². The summed E-state index contributed by atoms with van der Waals surface area (Å²) in [6, 6.07) is 25.0. The molecular formula is C24H21NO3. The Hall–Kier alpha value is -3.40. The highest BCUT2D eigenvalue weighted by Gasteiger charge is 2.42. The Kier molecular flexibility index (Phi) is 4.70. The van der Waals surface area contributed by atoms with Gasteiger partial charge in [0.2, 0.25) is 0 Å². The van der Waals surface area contributed by atoms with Gasteiger partial charge in [0, 0.05) is 12.1 Å². The van der Waals surface area contributed by atoms with Gasteiger partial charge in [-0.1, -0.05) is 66.7 Å². The Morgan fingerprint density at radius 1 is 0.964 bits per heavy atom. The molecule has 0 aliphatic carbocycles. The van der Waals surface area contributed by atoms with E-state index in [0.717, 1.165) is 22.4 Å². The molecule has 0 unspecified atom stereocenters. The molecule has 0 saturated carbocycles. The molecule has 4 heteroatoms. The molecule has 3 aromatic carbocycles. The summed E-state index contributed by atoms with van der Waals surface area (Å²) < 4.78 is 5.54. The highest BCUT2D eigenvalue weighted by molar-refractivity contribution is 6.02. The fraction of sp³-hybridized carbons (Fsp3) is 0.167. The molecular weight excluding hydrogens is 350 g/mol. The third-order valence-electron chi connectivity index (χ3n) is 5.07. The van der Waals surface area contributed by atoms with Gasteiger partial charge in [0.1, 0.15) is 0 Å². The number of para-hydroxylation sites is 1. The maximum absolute atomic E-state index is 13.1. The second-order valence-corrected chi connectivity index (χ2v) is 7.23. The van der Waals surface area contributed by atoms with Crippen LogP contribution in [0.2, 0.25) is 0 Å². The van der Waals surface area contributed by atoms with E-state index in [1.807, 2.05) is 54.6 Å². The molecule has 0 fully saturated rings. The molecule has 0 spiro atoms. The summed E-state index contributed by atoms with van der Waals surface area (Å²) in [5, 5.41) is 2.98. The number of hydrogen-bond donors (Lipinski definition) is 1. The maximum atomic E-state index is 13.1. The average Bonchev–Trinajstić information content (AvgIpc) is 2.70. The van der Waals surface area contributed by atoms with Crippen LogP contribution in [0.25, 0.3) is 0 Å². The molecule has 140 valence electrons. The van der Waals surface area contributed by atoms with Crippen LogP contribution in [-0.4, -0.2) is 17.5 Å². The third-order valence-corrected chi connectivity index (χ3v) is 5.07. The van der Waals surface area contributed by atoms with Crippen LogP contribution in [0.4, 0.5) is 5.69 Å². The van der Waals surface area contributed by atoms with Crippen molar-refractivity contribution < 1.29 is 14.3 Å². The van der Waals surface area contributed by atoms with Gasteiger partial charge >= 0.3 is 5.97 Å². The van der Waals surface area contributed by atoms with E-state index in [4.69, 9.17) is 4.74 Å². The zero-order valence-electron chi connectivity index (χ0n) is 15.6. The highest BCUT2D eigenvalue weighted by Crippen LogP contribution is 2.30. The van der Waals surface area contributed by atoms with Gasteiger partial charge < -0.3 is 10.1 Å². The van der Waals surface area contributed by atoms with Crippen molar-refractivity contribution in [1.82, 2.24) is 0 Å². The Balaban J connectivity index is 1.57. The Labute approximate surface area is 164 Å². The van der Waals surface area contributed by atoms with Crippen molar-refractivity contribution in [2.24, 2.45) is 0 Å². The number of ether oxygens (including phenoxy) is 1. The first-order valence-corrected chi connectivity index (χ1v) is 9.30. The van der Waals surface area contributed by atoms with E-state index >= 15 is 0 Å². The number of cyclic esters (lactones) is 1. The molecule has 1 amide bonds. The van der Waals surface area contributed by atoms with E-state index in [2.05, 4.69) is 17.4 Å². The first-order chi connectivity index (χ1) is 13.5. The molecule has 1 heterocycles. The van der Waals surface area contributed by atoms with Crippen molar-refractivity contribution in [2.75, 3.05) is 5.32 Å². The predicted molar refractivity (Wildman–Crippen MR) is 108 cm³/mol. The van der Waals surface area contributed by atoms with Crippen LogP contribution in [0, 0.1) is 0 Å². The smallest absolute Gasteiger partial charge is 0.339 e. The molecule has 1 aliphatic rings. The molecule has 1 aliphatic heterocycles. The zero-order chi connectivity index (χ0) is 19.6. The minimum Gasteiger partial charge on any atom is -0.445 e. The van der Waals surface area contributed by atoms with Gasteiger partial charge in [0.25, 0.3) is 5.91 Å². The number of carbonyl (C=O) groups excluding carboxylic acids is 2. The van der Waals surface area contributed by atoms with Crippen LogP contribution in [-0.2, 0) is 22.4 Å². The quantitative estimate of drug-likeness (QED) is 0.692. The molecule has 0 radical (unpaired) electrons. The van der Waals surface area contributed by atoms with Crippen LogP contribution >= 0.6 is 0 Å². The SMILES string of the molecule is C[C@@]1(C(=O)Nc2ccccc2Cc2ccccc2)Cc2ccccc2C(=O)O1. The summed E-state index contributed by atoms with van der Waals surface area (Å²) in [5.74, 6) is -0.784. The number of rotatable bonds is 4. The topological polar surface area (TPSA) is 55.4 Å². The second kappa shape index (κ2) is 7.31. The molecule has 4 nitrogen and oxygen atoms in total. The van der Waals surface area contributed by atoms with Gasteiger partial charge in [0.15, 0.2) is 5.60 Å². The number of hydrogen-bond acceptors (Lipinski definition) is 3. The number of esters is 1. The van der Waals surface area contributed by atoms with Crippen molar-refractivity contribution in [3.05, 3.63) is 101 Å². The Morgan fingerprint density at radius 2 is 1.64 bits per heavy atom. The highest BCUT2D eigenvalue weighted by atomic mass is 16.6. The first kappa shape index (κ1) is 18.0. The maximum Gasteiger partial charge on any atom is 0.339 e. The first-order valence-electron chi connectivity index (χ1n) is 9.30. The molecule has 1 atom stereocenters. The summed E-state index contributed by atoms with van der Waals surface area (Å²) in [6.45, 7) is 1.66. The van der Waals surface area contributed by atoms with Crippen molar-refractivity contribution in [1.29, 1.82) is 0 Å². The lowest BCUT2D eigenvalue weighted by molar-refractivity contribution is -0.134. The van der Waals surface area contributed by atoms with E-state index in [1.54, 1.807) is 19.1 Å². The average molecular weight is 371 g/mol. The number of nitrogens with one attached hydrogen (secondary N) is 1. The molecule has 3 aromatic rings. The Morgan fingerprint density at radius 3 is 2.46 bits per heavy atom. The van der Waals surface area contributed by atoms with Gasteiger partial charge in [-0.25, -0.2) is 4.79 Å². The zero-order valence-corrected chi connectivity index (χ0v) is 15.6. The lowest BCUT2D eigenvalue weighted by atomic mass is 9.89. The molecule has 0 aromatic heterocycles. The summed E-state index contributed by atoms with van der Waals surface area (Å²) >= 11 is 0. The summed E-state index contributed by atoms with van der Waals surface area (Å²) in [7, 11) is 0. The van der Waals surface area contributed by atoms with E-state index < -0.39 is 11.6 Å². The third kappa shape index (κ3) is 3.54. The van der Waals surface area contributed by atoms with Crippen LogP contribution in [0.5, 0.6) is 0 Å². The molecule has 28 heavy (non-hydrogen) atoms. The predicted octanol–water partition coefficient (Wildman–Crippen LogP) is 4.39. The van der Waals surface area contributed by atoms with Gasteiger partial charge in [-0.2, -0.15) is 0 Å². The van der Waals surface area contributed by atoms with E-state index in [0.29, 0.717) is 18.4 Å². The fourth-order valence-electron chi connectivity index (χ4n) is 3.53. The lowest BCUT2D eigenvalue weighted by Crippen LogP contribution is -2.49. The minimum atomic E-state index is -1.24. The van der Waals surface area contributed by atoms with Crippen LogP contribution in [0.3, 0.4) is 0 Å². The summed E-state index contributed by atoms with van der Waals surface area (Å²) in [5.41, 5.74) is 3.01. The minimum absolute atomic E-state index is 0.323. The van der Waals surface area contributed by atoms with Crippen LogP contribution < -0.4 is 5.32 Å².